The van der Waals surface area contributed by atoms with Gasteiger partial charge in [0.25, 0.3) is 5.91 Å². The Kier molecular flexibility index (Phi) is 3.45. The van der Waals surface area contributed by atoms with Gasteiger partial charge in [-0.1, -0.05) is 19.1 Å². The number of para-hydroxylation sites is 1. The highest BCUT2D eigenvalue weighted by Gasteiger charge is 2.36. The van der Waals surface area contributed by atoms with Gasteiger partial charge in [-0.05, 0) is 37.6 Å². The monoisotopic (exact) mass is 283 g/mol. The predicted octanol–water partition coefficient (Wildman–Crippen LogP) is 3.39. The van der Waals surface area contributed by atoms with Crippen LogP contribution >= 0.6 is 0 Å². The Balaban J connectivity index is 2.10. The zero-order valence-corrected chi connectivity index (χ0v) is 12.7. The van der Waals surface area contributed by atoms with Crippen molar-refractivity contribution in [2.45, 2.75) is 32.5 Å². The van der Waals surface area contributed by atoms with E-state index < -0.39 is 0 Å². The summed E-state index contributed by atoms with van der Waals surface area (Å²) in [5.41, 5.74) is 2.76. The van der Waals surface area contributed by atoms with Crippen molar-refractivity contribution in [3.63, 3.8) is 0 Å². The highest BCUT2D eigenvalue weighted by atomic mass is 16.2. The second-order valence-corrected chi connectivity index (χ2v) is 5.61. The summed E-state index contributed by atoms with van der Waals surface area (Å²) in [5, 5.41) is 3.52. The third kappa shape index (κ3) is 2.20. The number of hydrogen-bond donors (Lipinski definition) is 1. The van der Waals surface area contributed by atoms with Crippen LogP contribution in [-0.2, 0) is 7.05 Å². The van der Waals surface area contributed by atoms with E-state index in [4.69, 9.17) is 0 Å². The molecule has 2 heterocycles. The summed E-state index contributed by atoms with van der Waals surface area (Å²) < 4.78 is 2.06. The fraction of sp³-hybridized carbons (Fsp3) is 0.353. The number of carbonyl (C=O) groups excluding carboxylic acids is 1. The third-order valence-electron chi connectivity index (χ3n) is 4.29. The van der Waals surface area contributed by atoms with Crippen LogP contribution in [0.3, 0.4) is 0 Å². The number of aryl methyl sites for hydroxylation is 1. The molecule has 4 heteroatoms. The molecule has 0 unspecified atom stereocenters. The maximum absolute atomic E-state index is 12.9. The van der Waals surface area contributed by atoms with Crippen molar-refractivity contribution >= 4 is 11.6 Å². The molecule has 2 atom stereocenters. The molecule has 0 saturated carbocycles. The Labute approximate surface area is 125 Å². The number of nitrogens with zero attached hydrogens (tertiary/aromatic N) is 2. The average Bonchev–Trinajstić information content (AvgIpc) is 2.92. The van der Waals surface area contributed by atoms with Crippen LogP contribution in [-0.4, -0.2) is 21.4 Å². The van der Waals surface area contributed by atoms with Crippen LogP contribution in [0.1, 0.15) is 42.5 Å². The Morgan fingerprint density at radius 2 is 2.00 bits per heavy atom. The third-order valence-corrected chi connectivity index (χ3v) is 4.29. The standard InChI is InChI=1S/C17H21N3O/c1-4-12(2)20-16(15-10-7-11-19(15)3)18-14-9-6-5-8-13(14)17(20)21/h5-12,16,18H,4H2,1-3H3/t12-,16-/m0/s1. The lowest BCUT2D eigenvalue weighted by Crippen LogP contribution is -2.48. The molecule has 1 amide bonds. The lowest BCUT2D eigenvalue weighted by molar-refractivity contribution is 0.0586. The first-order valence-electron chi connectivity index (χ1n) is 7.43. The van der Waals surface area contributed by atoms with Crippen LogP contribution in [0.15, 0.2) is 42.6 Å². The van der Waals surface area contributed by atoms with Gasteiger partial charge in [0.1, 0.15) is 6.17 Å². The Morgan fingerprint density at radius 3 is 2.67 bits per heavy atom. The number of fused-ring (bicyclic) bond motifs is 1. The van der Waals surface area contributed by atoms with Crippen molar-refractivity contribution in [2.24, 2.45) is 7.05 Å². The molecule has 2 aromatic rings. The number of aromatic nitrogens is 1. The summed E-state index contributed by atoms with van der Waals surface area (Å²) in [6.07, 6.45) is 2.81. The van der Waals surface area contributed by atoms with Gasteiger partial charge in [0.05, 0.1) is 11.3 Å². The van der Waals surface area contributed by atoms with E-state index in [1.54, 1.807) is 0 Å². The highest BCUT2D eigenvalue weighted by molar-refractivity contribution is 6.01. The number of benzene rings is 1. The van der Waals surface area contributed by atoms with Crippen molar-refractivity contribution in [1.29, 1.82) is 0 Å². The predicted molar refractivity (Wildman–Crippen MR) is 84.1 cm³/mol. The zero-order valence-electron chi connectivity index (χ0n) is 12.7. The van der Waals surface area contributed by atoms with E-state index in [0.29, 0.717) is 0 Å². The molecule has 3 rings (SSSR count). The summed E-state index contributed by atoms with van der Waals surface area (Å²) in [7, 11) is 2.01. The van der Waals surface area contributed by atoms with Crippen LogP contribution in [0.25, 0.3) is 0 Å². The largest absolute Gasteiger partial charge is 0.360 e. The van der Waals surface area contributed by atoms with Crippen molar-refractivity contribution < 1.29 is 4.79 Å². The van der Waals surface area contributed by atoms with E-state index in [0.717, 1.165) is 23.4 Å². The average molecular weight is 283 g/mol. The first kappa shape index (κ1) is 13.7. The van der Waals surface area contributed by atoms with Gasteiger partial charge < -0.3 is 14.8 Å². The van der Waals surface area contributed by atoms with E-state index in [1.807, 2.05) is 48.5 Å². The summed E-state index contributed by atoms with van der Waals surface area (Å²) in [6, 6.07) is 12.0. The summed E-state index contributed by atoms with van der Waals surface area (Å²) >= 11 is 0. The number of hydrogen-bond acceptors (Lipinski definition) is 2. The summed E-state index contributed by atoms with van der Waals surface area (Å²) in [6.45, 7) is 4.21. The second kappa shape index (κ2) is 5.28. The van der Waals surface area contributed by atoms with Crippen molar-refractivity contribution in [1.82, 2.24) is 9.47 Å². The number of amides is 1. The van der Waals surface area contributed by atoms with Crippen molar-refractivity contribution in [3.8, 4) is 0 Å². The molecular formula is C17H21N3O. The van der Waals surface area contributed by atoms with Gasteiger partial charge in [0.15, 0.2) is 0 Å². The fourth-order valence-corrected chi connectivity index (χ4v) is 2.89. The molecule has 4 nitrogen and oxygen atoms in total. The van der Waals surface area contributed by atoms with Crippen LogP contribution in [0, 0.1) is 0 Å². The van der Waals surface area contributed by atoms with E-state index in [1.165, 1.54) is 0 Å². The molecule has 0 fully saturated rings. The quantitative estimate of drug-likeness (QED) is 0.937. The molecule has 0 spiro atoms. The zero-order chi connectivity index (χ0) is 15.0. The minimum Gasteiger partial charge on any atom is -0.360 e. The molecule has 0 radical (unpaired) electrons. The maximum Gasteiger partial charge on any atom is 0.258 e. The molecular weight excluding hydrogens is 262 g/mol. The van der Waals surface area contributed by atoms with E-state index in [9.17, 15) is 4.79 Å². The van der Waals surface area contributed by atoms with E-state index >= 15 is 0 Å². The first-order valence-corrected chi connectivity index (χ1v) is 7.43. The Morgan fingerprint density at radius 1 is 1.24 bits per heavy atom. The van der Waals surface area contributed by atoms with Gasteiger partial charge in [0.2, 0.25) is 0 Å². The van der Waals surface area contributed by atoms with Gasteiger partial charge in [-0.3, -0.25) is 4.79 Å². The molecule has 1 N–H and O–H groups in total. The van der Waals surface area contributed by atoms with Gasteiger partial charge in [-0.25, -0.2) is 0 Å². The molecule has 110 valence electrons. The van der Waals surface area contributed by atoms with Crippen LogP contribution in [0.2, 0.25) is 0 Å². The molecule has 1 aliphatic heterocycles. The first-order chi connectivity index (χ1) is 10.1. The highest BCUT2D eigenvalue weighted by Crippen LogP contribution is 2.34. The maximum atomic E-state index is 12.9. The Hall–Kier alpha value is -2.23. The molecule has 0 bridgehead atoms. The lowest BCUT2D eigenvalue weighted by Gasteiger charge is -2.41. The molecule has 0 aliphatic carbocycles. The number of carbonyl (C=O) groups is 1. The SMILES string of the molecule is CC[C@H](C)N1C(=O)c2ccccc2N[C@@H]1c1cccn1C. The van der Waals surface area contributed by atoms with Gasteiger partial charge >= 0.3 is 0 Å². The molecule has 21 heavy (non-hydrogen) atoms. The van der Waals surface area contributed by atoms with Gasteiger partial charge in [-0.15, -0.1) is 0 Å². The molecule has 1 aromatic carbocycles. The van der Waals surface area contributed by atoms with Gasteiger partial charge in [-0.2, -0.15) is 0 Å². The van der Waals surface area contributed by atoms with Crippen molar-refractivity contribution in [3.05, 3.63) is 53.9 Å². The minimum absolute atomic E-state index is 0.102. The Bertz CT molecular complexity index is 662. The van der Waals surface area contributed by atoms with E-state index in [-0.39, 0.29) is 18.1 Å². The number of nitrogens with one attached hydrogen (secondary N) is 1. The molecule has 0 saturated heterocycles. The second-order valence-electron chi connectivity index (χ2n) is 5.61. The van der Waals surface area contributed by atoms with Gasteiger partial charge in [0, 0.05) is 25.0 Å². The molecule has 1 aromatic heterocycles. The van der Waals surface area contributed by atoms with Crippen LogP contribution in [0.5, 0.6) is 0 Å². The van der Waals surface area contributed by atoms with E-state index in [2.05, 4.69) is 29.8 Å². The number of rotatable bonds is 3. The smallest absolute Gasteiger partial charge is 0.258 e. The summed E-state index contributed by atoms with van der Waals surface area (Å²) in [5.74, 6) is 0.102. The summed E-state index contributed by atoms with van der Waals surface area (Å²) in [4.78, 5) is 14.9. The minimum atomic E-state index is -0.123. The normalized spacial score (nSPS) is 19.1. The van der Waals surface area contributed by atoms with Crippen molar-refractivity contribution in [2.75, 3.05) is 5.32 Å². The molecule has 1 aliphatic rings. The number of anilines is 1. The lowest BCUT2D eigenvalue weighted by atomic mass is 10.0. The van der Waals surface area contributed by atoms with Crippen LogP contribution in [0.4, 0.5) is 5.69 Å². The fourth-order valence-electron chi connectivity index (χ4n) is 2.89. The topological polar surface area (TPSA) is 37.3 Å². The van der Waals surface area contributed by atoms with Crippen LogP contribution < -0.4 is 5.32 Å².